The molecule has 0 bridgehead atoms. The summed E-state index contributed by atoms with van der Waals surface area (Å²) in [7, 11) is 0. The molecule has 1 saturated heterocycles. The van der Waals surface area contributed by atoms with E-state index >= 15 is 0 Å². The van der Waals surface area contributed by atoms with Crippen LogP contribution in [0, 0.1) is 0 Å². The van der Waals surface area contributed by atoms with Crippen molar-refractivity contribution in [1.29, 1.82) is 0 Å². The molecular formula is C14H19BrN2O2. The van der Waals surface area contributed by atoms with E-state index in [0.717, 1.165) is 28.7 Å². The van der Waals surface area contributed by atoms with Crippen LogP contribution in [0.4, 0.5) is 5.69 Å². The molecule has 0 radical (unpaired) electrons. The Labute approximate surface area is 121 Å². The van der Waals surface area contributed by atoms with Gasteiger partial charge in [0.05, 0.1) is 11.8 Å². The van der Waals surface area contributed by atoms with Gasteiger partial charge in [-0.05, 0) is 47.0 Å². The van der Waals surface area contributed by atoms with E-state index in [1.807, 2.05) is 25.1 Å². The quantitative estimate of drug-likeness (QED) is 0.895. The molecule has 0 saturated carbocycles. The molecule has 1 aliphatic rings. The first-order valence-corrected chi connectivity index (χ1v) is 7.35. The molecule has 2 N–H and O–H groups in total. The molecule has 0 aliphatic carbocycles. The maximum Gasteiger partial charge on any atom is 0.242 e. The fraction of sp³-hybridized carbons (Fsp3) is 0.500. The van der Waals surface area contributed by atoms with Gasteiger partial charge < -0.3 is 15.3 Å². The van der Waals surface area contributed by atoms with Gasteiger partial charge in [-0.15, -0.1) is 0 Å². The summed E-state index contributed by atoms with van der Waals surface area (Å²) >= 11 is 3.54. The molecule has 0 spiro atoms. The van der Waals surface area contributed by atoms with Gasteiger partial charge in [0.2, 0.25) is 5.91 Å². The van der Waals surface area contributed by atoms with Crippen molar-refractivity contribution >= 4 is 27.5 Å². The van der Waals surface area contributed by atoms with E-state index in [4.69, 9.17) is 0 Å². The Bertz CT molecular complexity index is 477. The Hall–Kier alpha value is -1.07. The number of aliphatic hydroxyl groups excluding tert-OH is 1. The number of hydrogen-bond acceptors (Lipinski definition) is 3. The minimum atomic E-state index is -0.489. The van der Waals surface area contributed by atoms with Crippen molar-refractivity contribution in [3.05, 3.63) is 28.2 Å². The van der Waals surface area contributed by atoms with E-state index in [-0.39, 0.29) is 11.9 Å². The highest BCUT2D eigenvalue weighted by Crippen LogP contribution is 2.31. The molecule has 1 fully saturated rings. The molecule has 1 aromatic rings. The number of carbonyl (C=O) groups is 1. The first-order valence-electron chi connectivity index (χ1n) is 6.56. The van der Waals surface area contributed by atoms with Crippen LogP contribution in [0.15, 0.2) is 22.7 Å². The van der Waals surface area contributed by atoms with Crippen molar-refractivity contribution in [3.8, 4) is 0 Å². The number of amides is 1. The van der Waals surface area contributed by atoms with E-state index in [1.54, 1.807) is 6.92 Å². The van der Waals surface area contributed by atoms with Crippen LogP contribution in [0.25, 0.3) is 0 Å². The summed E-state index contributed by atoms with van der Waals surface area (Å²) in [6.07, 6.45) is 0.285. The van der Waals surface area contributed by atoms with Gasteiger partial charge >= 0.3 is 0 Å². The molecule has 1 aliphatic heterocycles. The first kappa shape index (κ1) is 14.3. The lowest BCUT2D eigenvalue weighted by atomic mass is 10.1. The molecule has 19 heavy (non-hydrogen) atoms. The van der Waals surface area contributed by atoms with Gasteiger partial charge in [-0.25, -0.2) is 0 Å². The molecule has 104 valence electrons. The predicted molar refractivity (Wildman–Crippen MR) is 79.2 cm³/mol. The second-order valence-electron chi connectivity index (χ2n) is 4.80. The molecular weight excluding hydrogens is 308 g/mol. The number of nitrogens with one attached hydrogen (secondary N) is 1. The second kappa shape index (κ2) is 5.92. The van der Waals surface area contributed by atoms with Crippen LogP contribution >= 0.6 is 15.9 Å². The maximum atomic E-state index is 11.9. The highest BCUT2D eigenvalue weighted by atomic mass is 79.9. The van der Waals surface area contributed by atoms with Gasteiger partial charge in [0.15, 0.2) is 0 Å². The third-order valence-electron chi connectivity index (χ3n) is 3.48. The summed E-state index contributed by atoms with van der Waals surface area (Å²) in [4.78, 5) is 14.0. The number of rotatable bonds is 3. The van der Waals surface area contributed by atoms with Gasteiger partial charge in [-0.2, -0.15) is 0 Å². The third-order valence-corrected chi connectivity index (χ3v) is 4.12. The lowest BCUT2D eigenvalue weighted by Crippen LogP contribution is -2.55. The Kier molecular flexibility index (Phi) is 4.47. The van der Waals surface area contributed by atoms with Gasteiger partial charge in [-0.3, -0.25) is 4.79 Å². The number of carbonyl (C=O) groups excluding carboxylic acids is 1. The number of hydrogen-bond donors (Lipinski definition) is 2. The zero-order valence-corrected chi connectivity index (χ0v) is 12.8. The van der Waals surface area contributed by atoms with Gasteiger partial charge in [0.1, 0.15) is 6.04 Å². The van der Waals surface area contributed by atoms with E-state index in [0.29, 0.717) is 6.54 Å². The number of anilines is 1. The summed E-state index contributed by atoms with van der Waals surface area (Å²) in [5.41, 5.74) is 1.87. The Balaban J connectivity index is 2.32. The monoisotopic (exact) mass is 326 g/mol. The highest BCUT2D eigenvalue weighted by Gasteiger charge is 2.29. The van der Waals surface area contributed by atoms with Gasteiger partial charge in [0.25, 0.3) is 0 Å². The Morgan fingerprint density at radius 2 is 2.32 bits per heavy atom. The SMILES string of the molecule is CCC1C(=O)NCCN1c1ccc(C(C)O)cc1Br. The van der Waals surface area contributed by atoms with Crippen LogP contribution < -0.4 is 10.2 Å². The Morgan fingerprint density at radius 1 is 1.58 bits per heavy atom. The molecule has 0 aromatic heterocycles. The van der Waals surface area contributed by atoms with Crippen LogP contribution in [0.2, 0.25) is 0 Å². The van der Waals surface area contributed by atoms with Crippen molar-refractivity contribution in [2.75, 3.05) is 18.0 Å². The minimum absolute atomic E-state index is 0.0836. The van der Waals surface area contributed by atoms with Crippen molar-refractivity contribution in [2.24, 2.45) is 0 Å². The topological polar surface area (TPSA) is 52.6 Å². The summed E-state index contributed by atoms with van der Waals surface area (Å²) in [6, 6.07) is 5.67. The molecule has 5 heteroatoms. The van der Waals surface area contributed by atoms with Crippen molar-refractivity contribution in [3.63, 3.8) is 0 Å². The number of benzene rings is 1. The zero-order chi connectivity index (χ0) is 14.0. The van der Waals surface area contributed by atoms with Crippen LogP contribution in [-0.2, 0) is 4.79 Å². The second-order valence-corrected chi connectivity index (χ2v) is 5.65. The standard InChI is InChI=1S/C14H19BrN2O2/c1-3-12-14(19)16-6-7-17(12)13-5-4-10(9(2)18)8-11(13)15/h4-5,8-9,12,18H,3,6-7H2,1-2H3,(H,16,19). The number of aliphatic hydroxyl groups is 1. The summed E-state index contributed by atoms with van der Waals surface area (Å²) < 4.78 is 0.916. The predicted octanol–water partition coefficient (Wildman–Crippen LogP) is 2.22. The fourth-order valence-corrected chi connectivity index (χ4v) is 3.05. The summed E-state index contributed by atoms with van der Waals surface area (Å²) in [5.74, 6) is 0.0836. The smallest absolute Gasteiger partial charge is 0.242 e. The fourth-order valence-electron chi connectivity index (χ4n) is 2.42. The third kappa shape index (κ3) is 2.92. The van der Waals surface area contributed by atoms with Crippen LogP contribution in [0.1, 0.15) is 31.9 Å². The summed E-state index contributed by atoms with van der Waals surface area (Å²) in [5, 5.41) is 12.5. The number of piperazine rings is 1. The van der Waals surface area contributed by atoms with Crippen LogP contribution in [-0.4, -0.2) is 30.1 Å². The van der Waals surface area contributed by atoms with Crippen LogP contribution in [0.5, 0.6) is 0 Å². The van der Waals surface area contributed by atoms with Crippen LogP contribution in [0.3, 0.4) is 0 Å². The molecule has 2 unspecified atom stereocenters. The van der Waals surface area contributed by atoms with Crippen molar-refractivity contribution < 1.29 is 9.90 Å². The molecule has 2 rings (SSSR count). The normalized spacial score (nSPS) is 21.2. The van der Waals surface area contributed by atoms with E-state index in [2.05, 4.69) is 26.1 Å². The average Bonchev–Trinajstić information content (AvgIpc) is 2.38. The molecule has 2 atom stereocenters. The van der Waals surface area contributed by atoms with Crippen molar-refractivity contribution in [1.82, 2.24) is 5.32 Å². The first-order chi connectivity index (χ1) is 9.04. The molecule has 1 heterocycles. The largest absolute Gasteiger partial charge is 0.389 e. The molecule has 1 amide bonds. The average molecular weight is 327 g/mol. The Morgan fingerprint density at radius 3 is 2.89 bits per heavy atom. The summed E-state index contributed by atoms with van der Waals surface area (Å²) in [6.45, 7) is 5.22. The number of nitrogens with zero attached hydrogens (tertiary/aromatic N) is 1. The molecule has 1 aromatic carbocycles. The minimum Gasteiger partial charge on any atom is -0.389 e. The van der Waals surface area contributed by atoms with E-state index < -0.39 is 6.10 Å². The zero-order valence-electron chi connectivity index (χ0n) is 11.2. The van der Waals surface area contributed by atoms with E-state index in [9.17, 15) is 9.90 Å². The lowest BCUT2D eigenvalue weighted by molar-refractivity contribution is -0.123. The lowest BCUT2D eigenvalue weighted by Gasteiger charge is -2.37. The van der Waals surface area contributed by atoms with E-state index in [1.165, 1.54) is 0 Å². The number of halogens is 1. The van der Waals surface area contributed by atoms with Gasteiger partial charge in [0, 0.05) is 17.6 Å². The van der Waals surface area contributed by atoms with Crippen molar-refractivity contribution in [2.45, 2.75) is 32.4 Å². The maximum absolute atomic E-state index is 11.9. The highest BCUT2D eigenvalue weighted by molar-refractivity contribution is 9.10. The van der Waals surface area contributed by atoms with Gasteiger partial charge in [-0.1, -0.05) is 13.0 Å². The molecule has 4 nitrogen and oxygen atoms in total.